The van der Waals surface area contributed by atoms with Crippen LogP contribution < -0.4 is 10.1 Å². The molecule has 0 atom stereocenters. The molecule has 5 heteroatoms. The van der Waals surface area contributed by atoms with E-state index in [4.69, 9.17) is 9.26 Å². The van der Waals surface area contributed by atoms with Gasteiger partial charge in [0, 0.05) is 17.7 Å². The van der Waals surface area contributed by atoms with Gasteiger partial charge < -0.3 is 14.6 Å². The zero-order valence-electron chi connectivity index (χ0n) is 13.5. The summed E-state index contributed by atoms with van der Waals surface area (Å²) in [4.78, 5) is 12.2. The van der Waals surface area contributed by atoms with Crippen LogP contribution in [-0.4, -0.2) is 23.2 Å². The van der Waals surface area contributed by atoms with Gasteiger partial charge in [-0.3, -0.25) is 4.79 Å². The van der Waals surface area contributed by atoms with Crippen molar-refractivity contribution in [2.24, 2.45) is 0 Å². The number of nitrogens with one attached hydrogen (secondary N) is 1. The SMILES string of the molecule is CC(C)Oc1ccc(-c2cc(C(=O)NC3CCCC3)no2)cc1. The summed E-state index contributed by atoms with van der Waals surface area (Å²) in [6, 6.07) is 9.53. The molecule has 3 rings (SSSR count). The van der Waals surface area contributed by atoms with Crippen LogP contribution in [0.2, 0.25) is 0 Å². The molecule has 0 saturated heterocycles. The van der Waals surface area contributed by atoms with Crippen molar-refractivity contribution >= 4 is 5.91 Å². The van der Waals surface area contributed by atoms with E-state index >= 15 is 0 Å². The molecule has 1 N–H and O–H groups in total. The van der Waals surface area contributed by atoms with Gasteiger partial charge in [0.2, 0.25) is 0 Å². The maximum atomic E-state index is 12.2. The zero-order valence-corrected chi connectivity index (χ0v) is 13.5. The Morgan fingerprint density at radius 1 is 1.26 bits per heavy atom. The maximum Gasteiger partial charge on any atom is 0.273 e. The highest BCUT2D eigenvalue weighted by Crippen LogP contribution is 2.24. The van der Waals surface area contributed by atoms with Gasteiger partial charge in [0.25, 0.3) is 5.91 Å². The van der Waals surface area contributed by atoms with Crippen LogP contribution in [0.5, 0.6) is 5.75 Å². The number of carbonyl (C=O) groups excluding carboxylic acids is 1. The van der Waals surface area contributed by atoms with E-state index in [1.54, 1.807) is 6.07 Å². The highest BCUT2D eigenvalue weighted by atomic mass is 16.5. The number of rotatable bonds is 5. The summed E-state index contributed by atoms with van der Waals surface area (Å²) in [5, 5.41) is 6.90. The number of hydrogen-bond acceptors (Lipinski definition) is 4. The van der Waals surface area contributed by atoms with Crippen LogP contribution in [0, 0.1) is 0 Å². The molecule has 1 aliphatic rings. The molecule has 0 spiro atoms. The molecule has 23 heavy (non-hydrogen) atoms. The van der Waals surface area contributed by atoms with Gasteiger partial charge in [0.05, 0.1) is 6.10 Å². The zero-order chi connectivity index (χ0) is 16.2. The minimum Gasteiger partial charge on any atom is -0.491 e. The van der Waals surface area contributed by atoms with Gasteiger partial charge in [-0.1, -0.05) is 18.0 Å². The van der Waals surface area contributed by atoms with Crippen LogP contribution in [0.4, 0.5) is 0 Å². The van der Waals surface area contributed by atoms with Crippen molar-refractivity contribution in [3.8, 4) is 17.1 Å². The summed E-state index contributed by atoms with van der Waals surface area (Å²) in [5.41, 5.74) is 1.20. The van der Waals surface area contributed by atoms with Crippen molar-refractivity contribution in [3.63, 3.8) is 0 Å². The van der Waals surface area contributed by atoms with E-state index in [-0.39, 0.29) is 18.1 Å². The Hall–Kier alpha value is -2.30. The molecule has 1 aliphatic carbocycles. The van der Waals surface area contributed by atoms with Crippen molar-refractivity contribution in [1.29, 1.82) is 0 Å². The summed E-state index contributed by atoms with van der Waals surface area (Å²) in [5.74, 6) is 1.23. The van der Waals surface area contributed by atoms with Crippen molar-refractivity contribution in [1.82, 2.24) is 10.5 Å². The summed E-state index contributed by atoms with van der Waals surface area (Å²) in [6.07, 6.45) is 4.60. The van der Waals surface area contributed by atoms with Crippen LogP contribution in [0.15, 0.2) is 34.9 Å². The standard InChI is InChI=1S/C18H22N2O3/c1-12(2)22-15-9-7-13(8-10-15)17-11-16(20-23-17)18(21)19-14-5-3-4-6-14/h7-12,14H,3-6H2,1-2H3,(H,19,21). The first kappa shape index (κ1) is 15.6. The number of carbonyl (C=O) groups is 1. The third-order valence-corrected chi connectivity index (χ3v) is 3.94. The number of benzene rings is 1. The fourth-order valence-electron chi connectivity index (χ4n) is 2.82. The first-order chi connectivity index (χ1) is 11.1. The summed E-state index contributed by atoms with van der Waals surface area (Å²) < 4.78 is 10.9. The molecule has 0 unspecified atom stereocenters. The molecular formula is C18H22N2O3. The molecule has 5 nitrogen and oxygen atoms in total. The van der Waals surface area contributed by atoms with Gasteiger partial charge >= 0.3 is 0 Å². The van der Waals surface area contributed by atoms with E-state index in [9.17, 15) is 4.79 Å². The minimum atomic E-state index is -0.160. The van der Waals surface area contributed by atoms with E-state index in [1.807, 2.05) is 38.1 Å². The van der Waals surface area contributed by atoms with E-state index in [0.717, 1.165) is 24.2 Å². The van der Waals surface area contributed by atoms with Gasteiger partial charge in [-0.05, 0) is 51.0 Å². The Balaban J connectivity index is 1.67. The lowest BCUT2D eigenvalue weighted by Crippen LogP contribution is -2.32. The lowest BCUT2D eigenvalue weighted by molar-refractivity contribution is 0.0929. The van der Waals surface area contributed by atoms with E-state index in [1.165, 1.54) is 12.8 Å². The van der Waals surface area contributed by atoms with E-state index in [0.29, 0.717) is 11.5 Å². The van der Waals surface area contributed by atoms with Crippen molar-refractivity contribution in [3.05, 3.63) is 36.0 Å². The van der Waals surface area contributed by atoms with Gasteiger partial charge in [0.1, 0.15) is 5.75 Å². The molecular weight excluding hydrogens is 292 g/mol. The fourth-order valence-corrected chi connectivity index (χ4v) is 2.82. The van der Waals surface area contributed by atoms with E-state index < -0.39 is 0 Å². The highest BCUT2D eigenvalue weighted by Gasteiger charge is 2.20. The van der Waals surface area contributed by atoms with Crippen LogP contribution >= 0.6 is 0 Å². The predicted octanol–water partition coefficient (Wildman–Crippen LogP) is 3.80. The molecule has 0 radical (unpaired) electrons. The number of ether oxygens (including phenoxy) is 1. The van der Waals surface area contributed by atoms with Crippen LogP contribution in [0.3, 0.4) is 0 Å². The molecule has 1 aromatic heterocycles. The third kappa shape index (κ3) is 3.92. The molecule has 1 aromatic carbocycles. The van der Waals surface area contributed by atoms with Crippen LogP contribution in [0.25, 0.3) is 11.3 Å². The first-order valence-corrected chi connectivity index (χ1v) is 8.16. The topological polar surface area (TPSA) is 64.4 Å². The largest absolute Gasteiger partial charge is 0.491 e. The quantitative estimate of drug-likeness (QED) is 0.911. The van der Waals surface area contributed by atoms with Crippen LogP contribution in [0.1, 0.15) is 50.0 Å². The Morgan fingerprint density at radius 2 is 1.96 bits per heavy atom. The summed E-state index contributed by atoms with van der Waals surface area (Å²) in [6.45, 7) is 3.97. The smallest absolute Gasteiger partial charge is 0.273 e. The normalized spacial score (nSPS) is 15.1. The fraction of sp³-hybridized carbons (Fsp3) is 0.444. The monoisotopic (exact) mass is 314 g/mol. The molecule has 0 aliphatic heterocycles. The Bertz CT molecular complexity index is 655. The highest BCUT2D eigenvalue weighted by molar-refractivity contribution is 5.93. The third-order valence-electron chi connectivity index (χ3n) is 3.94. The van der Waals surface area contributed by atoms with Gasteiger partial charge in [-0.15, -0.1) is 0 Å². The van der Waals surface area contributed by atoms with Gasteiger partial charge in [-0.25, -0.2) is 0 Å². The van der Waals surface area contributed by atoms with Crippen LogP contribution in [-0.2, 0) is 0 Å². The minimum absolute atomic E-state index is 0.136. The average molecular weight is 314 g/mol. The van der Waals surface area contributed by atoms with Gasteiger partial charge in [-0.2, -0.15) is 0 Å². The predicted molar refractivity (Wildman–Crippen MR) is 87.4 cm³/mol. The molecule has 1 saturated carbocycles. The number of nitrogens with zero attached hydrogens (tertiary/aromatic N) is 1. The number of amides is 1. The molecule has 1 amide bonds. The van der Waals surface area contributed by atoms with Gasteiger partial charge in [0.15, 0.2) is 11.5 Å². The second kappa shape index (κ2) is 6.86. The van der Waals surface area contributed by atoms with E-state index in [2.05, 4.69) is 10.5 Å². The van der Waals surface area contributed by atoms with Crippen molar-refractivity contribution in [2.45, 2.75) is 51.7 Å². The summed E-state index contributed by atoms with van der Waals surface area (Å²) >= 11 is 0. The molecule has 1 fully saturated rings. The van der Waals surface area contributed by atoms with Crippen molar-refractivity contribution in [2.75, 3.05) is 0 Å². The lowest BCUT2D eigenvalue weighted by Gasteiger charge is -2.09. The number of aromatic nitrogens is 1. The molecule has 2 aromatic rings. The first-order valence-electron chi connectivity index (χ1n) is 8.16. The van der Waals surface area contributed by atoms with Crippen molar-refractivity contribution < 1.29 is 14.1 Å². The molecule has 122 valence electrons. The Labute approximate surface area is 136 Å². The Kier molecular flexibility index (Phi) is 4.65. The molecule has 0 bridgehead atoms. The Morgan fingerprint density at radius 3 is 2.61 bits per heavy atom. The second-order valence-electron chi connectivity index (χ2n) is 6.22. The second-order valence-corrected chi connectivity index (χ2v) is 6.22. The number of hydrogen-bond donors (Lipinski definition) is 1. The lowest BCUT2D eigenvalue weighted by atomic mass is 10.1. The maximum absolute atomic E-state index is 12.2. The summed E-state index contributed by atoms with van der Waals surface area (Å²) in [7, 11) is 0. The average Bonchev–Trinajstić information content (AvgIpc) is 3.18. The molecule has 1 heterocycles.